The maximum Gasteiger partial charge on any atom is 0.160 e. The highest BCUT2D eigenvalue weighted by molar-refractivity contribution is 5.42. The molecule has 0 radical (unpaired) electrons. The first-order valence-electron chi connectivity index (χ1n) is 6.04. The molecule has 94 valence electrons. The molecule has 1 unspecified atom stereocenters. The zero-order valence-electron chi connectivity index (χ0n) is 10.4. The smallest absolute Gasteiger partial charge is 0.160 e. The topological polar surface area (TPSA) is 44.7 Å². The van der Waals surface area contributed by atoms with E-state index in [1.807, 2.05) is 12.1 Å². The number of nitrogens with zero attached hydrogens (tertiary/aromatic N) is 1. The molecule has 4 heteroatoms. The Labute approximate surface area is 102 Å². The quantitative estimate of drug-likeness (QED) is 0.832. The molecule has 0 amide bonds. The van der Waals surface area contributed by atoms with E-state index in [1.54, 1.807) is 13.2 Å². The molecular formula is C13H20N2O2. The Morgan fingerprint density at radius 3 is 2.65 bits per heavy atom. The van der Waals surface area contributed by atoms with Gasteiger partial charge in [-0.25, -0.2) is 0 Å². The fourth-order valence-corrected chi connectivity index (χ4v) is 2.25. The molecular weight excluding hydrogens is 216 g/mol. The Bertz CT molecular complexity index is 376. The second-order valence-electron chi connectivity index (χ2n) is 4.39. The van der Waals surface area contributed by atoms with Crippen LogP contribution in [-0.4, -0.2) is 43.3 Å². The van der Waals surface area contributed by atoms with E-state index < -0.39 is 0 Å². The normalized spacial score (nSPS) is 18.9. The van der Waals surface area contributed by atoms with Crippen LogP contribution in [0.5, 0.6) is 11.5 Å². The average Bonchev–Trinajstić information content (AvgIpc) is 2.39. The van der Waals surface area contributed by atoms with Crippen LogP contribution in [0.15, 0.2) is 18.2 Å². The van der Waals surface area contributed by atoms with Gasteiger partial charge >= 0.3 is 0 Å². The van der Waals surface area contributed by atoms with E-state index in [0.29, 0.717) is 11.8 Å². The minimum absolute atomic E-state index is 0.215. The summed E-state index contributed by atoms with van der Waals surface area (Å²) in [6, 6.07) is 5.97. The highest BCUT2D eigenvalue weighted by atomic mass is 16.5. The maximum atomic E-state index is 9.78. The second-order valence-corrected chi connectivity index (χ2v) is 4.39. The summed E-state index contributed by atoms with van der Waals surface area (Å²) < 4.78 is 5.05. The van der Waals surface area contributed by atoms with E-state index >= 15 is 0 Å². The predicted octanol–water partition coefficient (Wildman–Crippen LogP) is 1.37. The van der Waals surface area contributed by atoms with E-state index in [1.165, 1.54) is 0 Å². The third-order valence-electron chi connectivity index (χ3n) is 3.38. The van der Waals surface area contributed by atoms with Crippen LogP contribution >= 0.6 is 0 Å². The maximum absolute atomic E-state index is 9.78. The molecule has 4 nitrogen and oxygen atoms in total. The molecule has 2 rings (SSSR count). The van der Waals surface area contributed by atoms with Gasteiger partial charge in [0.05, 0.1) is 7.11 Å². The summed E-state index contributed by atoms with van der Waals surface area (Å²) in [5.41, 5.74) is 1.13. The van der Waals surface area contributed by atoms with Crippen LogP contribution in [0.2, 0.25) is 0 Å². The Hall–Kier alpha value is -1.26. The van der Waals surface area contributed by atoms with Gasteiger partial charge in [-0.3, -0.25) is 4.90 Å². The zero-order valence-corrected chi connectivity index (χ0v) is 10.4. The van der Waals surface area contributed by atoms with E-state index in [0.717, 1.165) is 31.7 Å². The fourth-order valence-electron chi connectivity index (χ4n) is 2.25. The molecule has 1 aliphatic heterocycles. The summed E-state index contributed by atoms with van der Waals surface area (Å²) in [6.45, 7) is 6.34. The molecule has 17 heavy (non-hydrogen) atoms. The van der Waals surface area contributed by atoms with Gasteiger partial charge < -0.3 is 15.2 Å². The monoisotopic (exact) mass is 236 g/mol. The van der Waals surface area contributed by atoms with E-state index in [9.17, 15) is 5.11 Å². The SMILES string of the molecule is COc1ccc(C(C)N2CCNCC2)cc1O. The van der Waals surface area contributed by atoms with Crippen LogP contribution in [0.3, 0.4) is 0 Å². The zero-order chi connectivity index (χ0) is 12.3. The van der Waals surface area contributed by atoms with Gasteiger partial charge in [-0.15, -0.1) is 0 Å². The van der Waals surface area contributed by atoms with Gasteiger partial charge in [0.1, 0.15) is 0 Å². The van der Waals surface area contributed by atoms with Crippen molar-refractivity contribution in [2.75, 3.05) is 33.3 Å². The lowest BCUT2D eigenvalue weighted by molar-refractivity contribution is 0.185. The lowest BCUT2D eigenvalue weighted by Crippen LogP contribution is -2.44. The first kappa shape index (κ1) is 12.2. The van der Waals surface area contributed by atoms with Crippen LogP contribution in [-0.2, 0) is 0 Å². The second kappa shape index (κ2) is 5.38. The van der Waals surface area contributed by atoms with E-state index in [2.05, 4.69) is 17.1 Å². The number of piperazine rings is 1. The third-order valence-corrected chi connectivity index (χ3v) is 3.38. The van der Waals surface area contributed by atoms with Gasteiger partial charge in [-0.2, -0.15) is 0 Å². The van der Waals surface area contributed by atoms with Crippen molar-refractivity contribution >= 4 is 0 Å². The predicted molar refractivity (Wildman–Crippen MR) is 67.5 cm³/mol. The molecule has 1 aromatic carbocycles. The van der Waals surface area contributed by atoms with Crippen molar-refractivity contribution in [1.29, 1.82) is 0 Å². The summed E-state index contributed by atoms with van der Waals surface area (Å²) in [5, 5.41) is 13.1. The number of nitrogens with one attached hydrogen (secondary N) is 1. The number of ether oxygens (including phenoxy) is 1. The Morgan fingerprint density at radius 2 is 2.06 bits per heavy atom. The number of aromatic hydroxyl groups is 1. The molecule has 0 aromatic heterocycles. The van der Waals surface area contributed by atoms with Crippen molar-refractivity contribution in [3.05, 3.63) is 23.8 Å². The molecule has 0 bridgehead atoms. The largest absolute Gasteiger partial charge is 0.504 e. The molecule has 1 aromatic rings. The summed E-state index contributed by atoms with van der Waals surface area (Å²) in [6.07, 6.45) is 0. The molecule has 2 N–H and O–H groups in total. The van der Waals surface area contributed by atoms with Gasteiger partial charge in [0.2, 0.25) is 0 Å². The van der Waals surface area contributed by atoms with Crippen LogP contribution < -0.4 is 10.1 Å². The Morgan fingerprint density at radius 1 is 1.35 bits per heavy atom. The Balaban J connectivity index is 2.12. The van der Waals surface area contributed by atoms with Gasteiger partial charge in [0, 0.05) is 32.2 Å². The number of phenolic OH excluding ortho intramolecular Hbond substituents is 1. The summed E-state index contributed by atoms with van der Waals surface area (Å²) in [5.74, 6) is 0.744. The number of methoxy groups -OCH3 is 1. The fraction of sp³-hybridized carbons (Fsp3) is 0.538. The number of benzene rings is 1. The minimum Gasteiger partial charge on any atom is -0.504 e. The minimum atomic E-state index is 0.215. The highest BCUT2D eigenvalue weighted by Gasteiger charge is 2.18. The summed E-state index contributed by atoms with van der Waals surface area (Å²) >= 11 is 0. The van der Waals surface area contributed by atoms with Gasteiger partial charge in [-0.05, 0) is 24.6 Å². The lowest BCUT2D eigenvalue weighted by Gasteiger charge is -2.33. The van der Waals surface area contributed by atoms with Crippen LogP contribution in [0.4, 0.5) is 0 Å². The van der Waals surface area contributed by atoms with Crippen molar-refractivity contribution in [2.24, 2.45) is 0 Å². The lowest BCUT2D eigenvalue weighted by atomic mass is 10.1. The third kappa shape index (κ3) is 2.70. The molecule has 1 fully saturated rings. The molecule has 0 saturated carbocycles. The summed E-state index contributed by atoms with van der Waals surface area (Å²) in [7, 11) is 1.56. The first-order valence-corrected chi connectivity index (χ1v) is 6.04. The van der Waals surface area contributed by atoms with Gasteiger partial charge in [0.15, 0.2) is 11.5 Å². The number of rotatable bonds is 3. The van der Waals surface area contributed by atoms with Crippen molar-refractivity contribution in [2.45, 2.75) is 13.0 Å². The van der Waals surface area contributed by atoms with Crippen molar-refractivity contribution < 1.29 is 9.84 Å². The molecule has 1 heterocycles. The number of phenols is 1. The molecule has 1 atom stereocenters. The first-order chi connectivity index (χ1) is 8.22. The number of hydrogen-bond donors (Lipinski definition) is 2. The van der Waals surface area contributed by atoms with E-state index in [4.69, 9.17) is 4.74 Å². The van der Waals surface area contributed by atoms with Crippen molar-refractivity contribution in [3.63, 3.8) is 0 Å². The standard InChI is InChI=1S/C13H20N2O2/c1-10(15-7-5-14-6-8-15)11-3-4-13(17-2)12(16)9-11/h3-4,9-10,14,16H,5-8H2,1-2H3. The van der Waals surface area contributed by atoms with Gasteiger partial charge in [0.25, 0.3) is 0 Å². The van der Waals surface area contributed by atoms with Crippen molar-refractivity contribution in [1.82, 2.24) is 10.2 Å². The van der Waals surface area contributed by atoms with Crippen LogP contribution in [0.1, 0.15) is 18.5 Å². The van der Waals surface area contributed by atoms with E-state index in [-0.39, 0.29) is 5.75 Å². The number of hydrogen-bond acceptors (Lipinski definition) is 4. The Kier molecular flexibility index (Phi) is 3.86. The van der Waals surface area contributed by atoms with Gasteiger partial charge in [-0.1, -0.05) is 6.07 Å². The summed E-state index contributed by atoms with van der Waals surface area (Å²) in [4.78, 5) is 2.41. The average molecular weight is 236 g/mol. The molecule has 0 aliphatic carbocycles. The van der Waals surface area contributed by atoms with Crippen molar-refractivity contribution in [3.8, 4) is 11.5 Å². The van der Waals surface area contributed by atoms with Crippen LogP contribution in [0.25, 0.3) is 0 Å². The molecule has 1 aliphatic rings. The van der Waals surface area contributed by atoms with Crippen LogP contribution in [0, 0.1) is 0 Å². The molecule has 0 spiro atoms. The molecule has 1 saturated heterocycles. The highest BCUT2D eigenvalue weighted by Crippen LogP contribution is 2.30.